The van der Waals surface area contributed by atoms with E-state index in [1.54, 1.807) is 20.8 Å². The molecular weight excluding hydrogens is 226 g/mol. The van der Waals surface area contributed by atoms with Crippen LogP contribution in [0.5, 0.6) is 0 Å². The molecule has 0 aromatic rings. The smallest absolute Gasteiger partial charge is 0.410 e. The van der Waals surface area contributed by atoms with Crippen molar-refractivity contribution in [2.24, 2.45) is 5.92 Å². The van der Waals surface area contributed by atoms with Crippen molar-refractivity contribution in [2.45, 2.75) is 38.6 Å². The van der Waals surface area contributed by atoms with Crippen LogP contribution in [0.1, 0.15) is 20.8 Å². The minimum absolute atomic E-state index is 0.122. The lowest BCUT2D eigenvalue weighted by Gasteiger charge is -2.24. The molecule has 1 heterocycles. The van der Waals surface area contributed by atoms with Crippen molar-refractivity contribution in [2.75, 3.05) is 19.7 Å². The van der Waals surface area contributed by atoms with Gasteiger partial charge in [0, 0.05) is 12.5 Å². The summed E-state index contributed by atoms with van der Waals surface area (Å²) in [7, 11) is 0. The topological polar surface area (TPSA) is 90.2 Å². The Morgan fingerprint density at radius 1 is 1.47 bits per heavy atom. The summed E-state index contributed by atoms with van der Waals surface area (Å²) in [5, 5.41) is 28.0. The van der Waals surface area contributed by atoms with Gasteiger partial charge >= 0.3 is 6.09 Å². The largest absolute Gasteiger partial charge is 0.444 e. The summed E-state index contributed by atoms with van der Waals surface area (Å²) in [6.45, 7) is 5.17. The van der Waals surface area contributed by atoms with E-state index in [2.05, 4.69) is 0 Å². The highest BCUT2D eigenvalue weighted by atomic mass is 16.6. The van der Waals surface area contributed by atoms with Crippen LogP contribution in [0, 0.1) is 5.92 Å². The number of nitrogens with zero attached hydrogens (tertiary/aromatic N) is 1. The number of ether oxygens (including phenoxy) is 1. The Hall–Kier alpha value is -0.850. The first-order valence-corrected chi connectivity index (χ1v) is 5.69. The van der Waals surface area contributed by atoms with E-state index in [9.17, 15) is 15.0 Å². The molecule has 0 radical (unpaired) electrons. The maximum Gasteiger partial charge on any atom is 0.410 e. The molecule has 6 heteroatoms. The van der Waals surface area contributed by atoms with Crippen LogP contribution < -0.4 is 0 Å². The maximum absolute atomic E-state index is 11.7. The number of amides is 1. The Balaban J connectivity index is 2.57. The molecule has 6 nitrogen and oxygen atoms in total. The SMILES string of the molecule is CC(C)(C)OC(=O)N1C[C@@H](O)[C@@H](C(O)CO)C1. The summed E-state index contributed by atoms with van der Waals surface area (Å²) >= 11 is 0. The first-order chi connectivity index (χ1) is 7.74. The molecule has 1 aliphatic heterocycles. The highest BCUT2D eigenvalue weighted by molar-refractivity contribution is 5.68. The van der Waals surface area contributed by atoms with Crippen LogP contribution >= 0.6 is 0 Å². The van der Waals surface area contributed by atoms with E-state index < -0.39 is 36.4 Å². The first kappa shape index (κ1) is 14.2. The van der Waals surface area contributed by atoms with Gasteiger partial charge < -0.3 is 25.0 Å². The molecule has 1 aliphatic rings. The van der Waals surface area contributed by atoms with Gasteiger partial charge in [0.1, 0.15) is 5.60 Å². The molecule has 0 aliphatic carbocycles. The number of carbonyl (C=O) groups excluding carboxylic acids is 1. The summed E-state index contributed by atoms with van der Waals surface area (Å²) in [4.78, 5) is 13.1. The fourth-order valence-electron chi connectivity index (χ4n) is 1.80. The zero-order valence-corrected chi connectivity index (χ0v) is 10.5. The Labute approximate surface area is 101 Å². The van der Waals surface area contributed by atoms with Crippen molar-refractivity contribution in [1.82, 2.24) is 4.90 Å². The predicted octanol–water partition coefficient (Wildman–Crippen LogP) is -0.433. The monoisotopic (exact) mass is 247 g/mol. The van der Waals surface area contributed by atoms with Gasteiger partial charge in [0.15, 0.2) is 0 Å². The number of carbonyl (C=O) groups is 1. The standard InChI is InChI=1S/C11H21NO5/c1-11(2,3)17-10(16)12-4-7(8(14)5-12)9(15)6-13/h7-9,13-15H,4-6H2,1-3H3/t7-,8+,9?/m0/s1. The average molecular weight is 247 g/mol. The molecule has 1 unspecified atom stereocenters. The van der Waals surface area contributed by atoms with Gasteiger partial charge in [0.2, 0.25) is 0 Å². The fourth-order valence-corrected chi connectivity index (χ4v) is 1.80. The van der Waals surface area contributed by atoms with Crippen LogP contribution in [0.2, 0.25) is 0 Å². The molecule has 1 fully saturated rings. The van der Waals surface area contributed by atoms with Crippen molar-refractivity contribution in [3.63, 3.8) is 0 Å². The summed E-state index contributed by atoms with van der Waals surface area (Å²) < 4.78 is 5.16. The van der Waals surface area contributed by atoms with Crippen LogP contribution in [0.3, 0.4) is 0 Å². The number of rotatable bonds is 2. The second kappa shape index (κ2) is 5.20. The molecule has 1 saturated heterocycles. The lowest BCUT2D eigenvalue weighted by atomic mass is 10.00. The molecule has 17 heavy (non-hydrogen) atoms. The fraction of sp³-hybridized carbons (Fsp3) is 0.909. The van der Waals surface area contributed by atoms with E-state index in [0.29, 0.717) is 0 Å². The average Bonchev–Trinajstić information content (AvgIpc) is 2.57. The van der Waals surface area contributed by atoms with E-state index in [1.165, 1.54) is 4.90 Å². The molecule has 0 aromatic heterocycles. The molecule has 3 N–H and O–H groups in total. The molecular formula is C11H21NO5. The Bertz CT molecular complexity index is 276. The van der Waals surface area contributed by atoms with Gasteiger partial charge in [-0.25, -0.2) is 4.79 Å². The molecule has 100 valence electrons. The minimum Gasteiger partial charge on any atom is -0.444 e. The molecule has 1 rings (SSSR count). The predicted molar refractivity (Wildman–Crippen MR) is 60.4 cm³/mol. The van der Waals surface area contributed by atoms with E-state index in [1.807, 2.05) is 0 Å². The summed E-state index contributed by atoms with van der Waals surface area (Å²) in [6, 6.07) is 0. The van der Waals surface area contributed by atoms with Gasteiger partial charge in [-0.1, -0.05) is 0 Å². The summed E-state index contributed by atoms with van der Waals surface area (Å²) in [5.41, 5.74) is -0.588. The Morgan fingerprint density at radius 3 is 2.53 bits per heavy atom. The van der Waals surface area contributed by atoms with Crippen LogP contribution in [-0.4, -0.2) is 63.8 Å². The number of hydrogen-bond donors (Lipinski definition) is 3. The van der Waals surface area contributed by atoms with E-state index in [4.69, 9.17) is 9.84 Å². The van der Waals surface area contributed by atoms with Crippen molar-refractivity contribution < 1.29 is 24.9 Å². The second-order valence-corrected chi connectivity index (χ2v) is 5.37. The van der Waals surface area contributed by atoms with Crippen molar-refractivity contribution in [3.8, 4) is 0 Å². The number of β-amino-alcohol motifs (C(OH)–C–C–N with tert-alkyl or cyclic N) is 1. The highest BCUT2D eigenvalue weighted by Crippen LogP contribution is 2.22. The zero-order valence-electron chi connectivity index (χ0n) is 10.5. The Kier molecular flexibility index (Phi) is 4.35. The number of aliphatic hydroxyl groups is 3. The molecule has 1 amide bonds. The molecule has 3 atom stereocenters. The maximum atomic E-state index is 11.7. The second-order valence-electron chi connectivity index (χ2n) is 5.37. The number of likely N-dealkylation sites (tertiary alicyclic amines) is 1. The van der Waals surface area contributed by atoms with Crippen LogP contribution in [0.25, 0.3) is 0 Å². The van der Waals surface area contributed by atoms with Crippen LogP contribution in [0.4, 0.5) is 4.79 Å². The van der Waals surface area contributed by atoms with Gasteiger partial charge in [0.25, 0.3) is 0 Å². The van der Waals surface area contributed by atoms with Gasteiger partial charge in [-0.05, 0) is 20.8 Å². The molecule has 0 aromatic carbocycles. The third kappa shape index (κ3) is 3.83. The zero-order chi connectivity index (χ0) is 13.2. The quantitative estimate of drug-likeness (QED) is 0.616. The van der Waals surface area contributed by atoms with Gasteiger partial charge in [-0.15, -0.1) is 0 Å². The van der Waals surface area contributed by atoms with E-state index in [0.717, 1.165) is 0 Å². The molecule has 0 saturated carbocycles. The van der Waals surface area contributed by atoms with Crippen LogP contribution in [-0.2, 0) is 4.74 Å². The third-order valence-corrected chi connectivity index (χ3v) is 2.67. The van der Waals surface area contributed by atoms with E-state index in [-0.39, 0.29) is 13.1 Å². The number of aliphatic hydroxyl groups excluding tert-OH is 3. The lowest BCUT2D eigenvalue weighted by molar-refractivity contribution is 0.00638. The molecule has 0 bridgehead atoms. The van der Waals surface area contributed by atoms with Crippen molar-refractivity contribution >= 4 is 6.09 Å². The third-order valence-electron chi connectivity index (χ3n) is 2.67. The van der Waals surface area contributed by atoms with Crippen molar-refractivity contribution in [1.29, 1.82) is 0 Å². The molecule has 0 spiro atoms. The number of hydrogen-bond acceptors (Lipinski definition) is 5. The van der Waals surface area contributed by atoms with Crippen molar-refractivity contribution in [3.05, 3.63) is 0 Å². The van der Waals surface area contributed by atoms with Gasteiger partial charge in [0.05, 0.1) is 25.4 Å². The van der Waals surface area contributed by atoms with Gasteiger partial charge in [-0.3, -0.25) is 0 Å². The Morgan fingerprint density at radius 2 is 2.06 bits per heavy atom. The van der Waals surface area contributed by atoms with Crippen LogP contribution in [0.15, 0.2) is 0 Å². The summed E-state index contributed by atoms with van der Waals surface area (Å²) in [6.07, 6.45) is -2.36. The van der Waals surface area contributed by atoms with E-state index >= 15 is 0 Å². The summed E-state index contributed by atoms with van der Waals surface area (Å²) in [5.74, 6) is -0.521. The normalized spacial score (nSPS) is 27.1. The highest BCUT2D eigenvalue weighted by Gasteiger charge is 2.39. The lowest BCUT2D eigenvalue weighted by Crippen LogP contribution is -2.36. The van der Waals surface area contributed by atoms with Gasteiger partial charge in [-0.2, -0.15) is 0 Å². The minimum atomic E-state index is -1.02. The first-order valence-electron chi connectivity index (χ1n) is 5.69.